The number of carbonyl (C=O) groups excluding carboxylic acids is 1. The van der Waals surface area contributed by atoms with Crippen molar-refractivity contribution in [2.45, 2.75) is 32.6 Å². The minimum Gasteiger partial charge on any atom is -0.497 e. The summed E-state index contributed by atoms with van der Waals surface area (Å²) in [4.78, 5) is 14.9. The number of unbranched alkanes of at least 4 members (excludes halogenated alkanes) is 3. The summed E-state index contributed by atoms with van der Waals surface area (Å²) in [5.41, 5.74) is 0.838. The first kappa shape index (κ1) is 18.8. The van der Waals surface area contributed by atoms with Crippen LogP contribution in [0.25, 0.3) is 6.08 Å². The van der Waals surface area contributed by atoms with Gasteiger partial charge in [0.25, 0.3) is 5.91 Å². The Bertz CT molecular complexity index is 643. The van der Waals surface area contributed by atoms with Crippen molar-refractivity contribution in [2.24, 2.45) is 0 Å². The van der Waals surface area contributed by atoms with Gasteiger partial charge in [0, 0.05) is 18.2 Å². The molecule has 0 atom stereocenters. The summed E-state index contributed by atoms with van der Waals surface area (Å²) in [6.45, 7) is 2.87. The molecule has 0 bridgehead atoms. The van der Waals surface area contributed by atoms with E-state index in [4.69, 9.17) is 21.7 Å². The van der Waals surface area contributed by atoms with E-state index in [0.29, 0.717) is 27.3 Å². The van der Waals surface area contributed by atoms with Crippen LogP contribution in [0.5, 0.6) is 11.5 Å². The van der Waals surface area contributed by atoms with Gasteiger partial charge in [-0.3, -0.25) is 9.69 Å². The molecule has 0 radical (unpaired) electrons. The Hall–Kier alpha value is -1.53. The molecule has 2 rings (SSSR count). The second kappa shape index (κ2) is 9.08. The van der Waals surface area contributed by atoms with Crippen molar-refractivity contribution in [1.29, 1.82) is 0 Å². The Morgan fingerprint density at radius 1 is 1.21 bits per heavy atom. The van der Waals surface area contributed by atoms with Crippen LogP contribution in [0.1, 0.15) is 38.2 Å². The second-order valence-corrected chi connectivity index (χ2v) is 7.18. The van der Waals surface area contributed by atoms with E-state index in [1.807, 2.05) is 18.2 Å². The Labute approximate surface area is 153 Å². The number of thioether (sulfide) groups is 1. The summed E-state index contributed by atoms with van der Waals surface area (Å²) in [6.07, 6.45) is 6.31. The molecule has 6 heteroatoms. The van der Waals surface area contributed by atoms with E-state index in [0.717, 1.165) is 18.4 Å². The van der Waals surface area contributed by atoms with Crippen LogP contribution in [0.3, 0.4) is 0 Å². The fourth-order valence-corrected chi connectivity index (χ4v) is 3.77. The third kappa shape index (κ3) is 4.51. The van der Waals surface area contributed by atoms with Gasteiger partial charge in [-0.1, -0.05) is 50.2 Å². The van der Waals surface area contributed by atoms with Crippen molar-refractivity contribution >= 4 is 40.3 Å². The zero-order valence-electron chi connectivity index (χ0n) is 14.3. The van der Waals surface area contributed by atoms with Crippen molar-refractivity contribution in [3.63, 3.8) is 0 Å². The lowest BCUT2D eigenvalue weighted by atomic mass is 10.1. The normalized spacial score (nSPS) is 16.1. The molecule has 0 N–H and O–H groups in total. The van der Waals surface area contributed by atoms with Crippen LogP contribution in [-0.4, -0.2) is 35.9 Å². The molecule has 130 valence electrons. The minimum atomic E-state index is -0.0145. The van der Waals surface area contributed by atoms with Gasteiger partial charge < -0.3 is 9.47 Å². The Morgan fingerprint density at radius 3 is 2.67 bits per heavy atom. The van der Waals surface area contributed by atoms with E-state index in [1.165, 1.54) is 24.6 Å². The third-order valence-electron chi connectivity index (χ3n) is 3.84. The zero-order valence-corrected chi connectivity index (χ0v) is 16.0. The van der Waals surface area contributed by atoms with Crippen LogP contribution in [0, 0.1) is 0 Å². The van der Waals surface area contributed by atoms with Gasteiger partial charge >= 0.3 is 0 Å². The number of amides is 1. The van der Waals surface area contributed by atoms with E-state index >= 15 is 0 Å². The third-order valence-corrected chi connectivity index (χ3v) is 5.21. The fraction of sp³-hybridized carbons (Fsp3) is 0.444. The number of methoxy groups -OCH3 is 2. The van der Waals surface area contributed by atoms with Gasteiger partial charge in [0.05, 0.1) is 19.1 Å². The zero-order chi connectivity index (χ0) is 17.5. The molecule has 0 saturated carbocycles. The lowest BCUT2D eigenvalue weighted by Crippen LogP contribution is -2.29. The molecule has 1 saturated heterocycles. The van der Waals surface area contributed by atoms with Crippen LogP contribution in [-0.2, 0) is 4.79 Å². The highest BCUT2D eigenvalue weighted by Crippen LogP contribution is 2.35. The summed E-state index contributed by atoms with van der Waals surface area (Å²) < 4.78 is 11.2. The van der Waals surface area contributed by atoms with Crippen LogP contribution < -0.4 is 9.47 Å². The molecule has 0 unspecified atom stereocenters. The van der Waals surface area contributed by atoms with E-state index in [-0.39, 0.29) is 5.91 Å². The summed E-state index contributed by atoms with van der Waals surface area (Å²) >= 11 is 6.72. The fourth-order valence-electron chi connectivity index (χ4n) is 2.47. The summed E-state index contributed by atoms with van der Waals surface area (Å²) in [6, 6.07) is 5.53. The Balaban J connectivity index is 2.13. The first-order chi connectivity index (χ1) is 11.6. The smallest absolute Gasteiger partial charge is 0.266 e. The number of benzene rings is 1. The first-order valence-electron chi connectivity index (χ1n) is 8.08. The van der Waals surface area contributed by atoms with Gasteiger partial charge in [-0.15, -0.1) is 0 Å². The standard InChI is InChI=1S/C18H23NO3S2/c1-4-5-6-7-10-19-17(20)16(24-18(19)23)11-13-8-9-14(21-2)12-15(13)22-3/h8-9,11-12H,4-7,10H2,1-3H3. The highest BCUT2D eigenvalue weighted by molar-refractivity contribution is 8.26. The maximum Gasteiger partial charge on any atom is 0.266 e. The van der Waals surface area contributed by atoms with Crippen molar-refractivity contribution in [1.82, 2.24) is 4.90 Å². The van der Waals surface area contributed by atoms with E-state index in [2.05, 4.69) is 6.92 Å². The van der Waals surface area contributed by atoms with E-state index < -0.39 is 0 Å². The molecule has 0 spiro atoms. The van der Waals surface area contributed by atoms with E-state index in [9.17, 15) is 4.79 Å². The van der Waals surface area contributed by atoms with Crippen molar-refractivity contribution in [3.05, 3.63) is 28.7 Å². The van der Waals surface area contributed by atoms with E-state index in [1.54, 1.807) is 25.2 Å². The highest BCUT2D eigenvalue weighted by atomic mass is 32.2. The molecule has 1 amide bonds. The van der Waals surface area contributed by atoms with Crippen LogP contribution >= 0.6 is 24.0 Å². The maximum atomic E-state index is 12.6. The largest absolute Gasteiger partial charge is 0.497 e. The molecule has 24 heavy (non-hydrogen) atoms. The monoisotopic (exact) mass is 365 g/mol. The number of ether oxygens (including phenoxy) is 2. The Morgan fingerprint density at radius 2 is 2.00 bits per heavy atom. The quantitative estimate of drug-likeness (QED) is 0.386. The molecule has 1 aliphatic heterocycles. The average molecular weight is 366 g/mol. The molecule has 4 nitrogen and oxygen atoms in total. The molecular formula is C18H23NO3S2. The predicted octanol–water partition coefficient (Wildman–Crippen LogP) is 4.49. The van der Waals surface area contributed by atoms with Gasteiger partial charge in [0.1, 0.15) is 15.8 Å². The first-order valence-corrected chi connectivity index (χ1v) is 9.30. The second-order valence-electron chi connectivity index (χ2n) is 5.50. The van der Waals surface area contributed by atoms with Gasteiger partial charge in [-0.05, 0) is 24.6 Å². The number of hydrogen-bond acceptors (Lipinski definition) is 5. The average Bonchev–Trinajstić information content (AvgIpc) is 2.86. The van der Waals surface area contributed by atoms with Crippen molar-refractivity contribution in [3.8, 4) is 11.5 Å². The lowest BCUT2D eigenvalue weighted by molar-refractivity contribution is -0.122. The predicted molar refractivity (Wildman–Crippen MR) is 104 cm³/mol. The molecule has 1 fully saturated rings. The van der Waals surface area contributed by atoms with Crippen LogP contribution in [0.15, 0.2) is 23.1 Å². The van der Waals surface area contributed by atoms with Gasteiger partial charge in [-0.2, -0.15) is 0 Å². The van der Waals surface area contributed by atoms with Crippen molar-refractivity contribution in [2.75, 3.05) is 20.8 Å². The molecule has 1 heterocycles. The number of nitrogens with zero attached hydrogens (tertiary/aromatic N) is 1. The summed E-state index contributed by atoms with van der Waals surface area (Å²) in [7, 11) is 3.21. The number of thiocarbonyl (C=S) groups is 1. The molecule has 0 aliphatic carbocycles. The topological polar surface area (TPSA) is 38.8 Å². The summed E-state index contributed by atoms with van der Waals surface area (Å²) in [5.74, 6) is 1.37. The number of rotatable bonds is 8. The Kier molecular flexibility index (Phi) is 7.12. The lowest BCUT2D eigenvalue weighted by Gasteiger charge is -2.13. The molecule has 1 aromatic rings. The van der Waals surface area contributed by atoms with Gasteiger partial charge in [-0.25, -0.2) is 0 Å². The number of carbonyl (C=O) groups is 1. The summed E-state index contributed by atoms with van der Waals surface area (Å²) in [5, 5.41) is 0. The van der Waals surface area contributed by atoms with Crippen LogP contribution in [0.2, 0.25) is 0 Å². The highest BCUT2D eigenvalue weighted by Gasteiger charge is 2.31. The molecule has 1 aromatic carbocycles. The minimum absolute atomic E-state index is 0.0145. The SMILES string of the molecule is CCCCCCN1C(=O)C(=Cc2ccc(OC)cc2OC)SC1=S. The molecular weight excluding hydrogens is 342 g/mol. The van der Waals surface area contributed by atoms with Gasteiger partial charge in [0.15, 0.2) is 0 Å². The maximum absolute atomic E-state index is 12.6. The van der Waals surface area contributed by atoms with Crippen LogP contribution in [0.4, 0.5) is 0 Å². The van der Waals surface area contributed by atoms with Crippen molar-refractivity contribution < 1.29 is 14.3 Å². The van der Waals surface area contributed by atoms with Gasteiger partial charge in [0.2, 0.25) is 0 Å². The number of hydrogen-bond donors (Lipinski definition) is 0. The molecule has 0 aromatic heterocycles. The molecule has 1 aliphatic rings.